The lowest BCUT2D eigenvalue weighted by Gasteiger charge is -2.08. The number of fused-ring (bicyclic) bond motifs is 1. The van der Waals surface area contributed by atoms with Crippen LogP contribution in [-0.2, 0) is 6.18 Å². The number of non-ortho nitro benzene ring substituents is 1. The van der Waals surface area contributed by atoms with Gasteiger partial charge in [0.25, 0.3) is 11.6 Å². The van der Waals surface area contributed by atoms with E-state index in [2.05, 4.69) is 10.3 Å². The first kappa shape index (κ1) is 16.8. The van der Waals surface area contributed by atoms with E-state index in [0.717, 1.165) is 29.5 Å². The molecule has 0 fully saturated rings. The Morgan fingerprint density at radius 2 is 1.96 bits per heavy atom. The van der Waals surface area contributed by atoms with Crippen molar-refractivity contribution < 1.29 is 22.9 Å². The van der Waals surface area contributed by atoms with E-state index < -0.39 is 22.6 Å². The lowest BCUT2D eigenvalue weighted by molar-refractivity contribution is -0.384. The lowest BCUT2D eigenvalue weighted by atomic mass is 10.1. The minimum Gasteiger partial charge on any atom is -0.298 e. The number of nitro benzene ring substituents is 1. The fourth-order valence-corrected chi connectivity index (χ4v) is 2.98. The molecular formula is C15H8F3N3O3S. The summed E-state index contributed by atoms with van der Waals surface area (Å²) < 4.78 is 38.6. The third-order valence-corrected chi connectivity index (χ3v) is 4.19. The Kier molecular flexibility index (Phi) is 4.13. The average molecular weight is 367 g/mol. The number of alkyl halides is 3. The zero-order chi connectivity index (χ0) is 18.2. The molecule has 10 heteroatoms. The quantitative estimate of drug-likeness (QED) is 0.546. The number of thiazole rings is 1. The van der Waals surface area contributed by atoms with Gasteiger partial charge in [0.15, 0.2) is 5.13 Å². The molecule has 3 aromatic rings. The fraction of sp³-hybridized carbons (Fsp3) is 0.0667. The zero-order valence-electron chi connectivity index (χ0n) is 12.2. The summed E-state index contributed by atoms with van der Waals surface area (Å²) in [4.78, 5) is 26.4. The number of benzene rings is 2. The van der Waals surface area contributed by atoms with Gasteiger partial charge >= 0.3 is 6.18 Å². The van der Waals surface area contributed by atoms with Gasteiger partial charge in [-0.1, -0.05) is 17.4 Å². The standard InChI is InChI=1S/C15H8F3N3O3S/c16-15(17,18)9-3-1-2-8(6-9)13(22)20-14-19-11-5-4-10(21(23)24)7-12(11)25-14/h1-7H,(H,19,20,22). The summed E-state index contributed by atoms with van der Waals surface area (Å²) in [5, 5.41) is 13.3. The SMILES string of the molecule is O=C(Nc1nc2ccc([N+](=O)[O-])cc2s1)c1cccc(C(F)(F)F)c1. The molecule has 1 aromatic heterocycles. The molecule has 0 saturated heterocycles. The molecule has 0 spiro atoms. The second-order valence-electron chi connectivity index (χ2n) is 4.96. The summed E-state index contributed by atoms with van der Waals surface area (Å²) in [5.74, 6) is -0.750. The van der Waals surface area contributed by atoms with Crippen molar-refractivity contribution in [3.05, 3.63) is 63.7 Å². The van der Waals surface area contributed by atoms with Crippen LogP contribution >= 0.6 is 11.3 Å². The molecule has 0 aliphatic carbocycles. The van der Waals surface area contributed by atoms with Gasteiger partial charge in [-0.2, -0.15) is 13.2 Å². The second-order valence-corrected chi connectivity index (χ2v) is 5.99. The van der Waals surface area contributed by atoms with E-state index in [1.54, 1.807) is 0 Å². The van der Waals surface area contributed by atoms with Crippen LogP contribution in [0.2, 0.25) is 0 Å². The number of hydrogen-bond acceptors (Lipinski definition) is 5. The minimum atomic E-state index is -4.55. The van der Waals surface area contributed by atoms with Crippen molar-refractivity contribution >= 4 is 38.3 Å². The summed E-state index contributed by atoms with van der Waals surface area (Å²) >= 11 is 0.992. The van der Waals surface area contributed by atoms with E-state index in [0.29, 0.717) is 10.2 Å². The molecule has 0 aliphatic rings. The van der Waals surface area contributed by atoms with Crippen LogP contribution < -0.4 is 5.32 Å². The van der Waals surface area contributed by atoms with Gasteiger partial charge in [-0.25, -0.2) is 4.98 Å². The van der Waals surface area contributed by atoms with E-state index in [1.165, 1.54) is 24.3 Å². The van der Waals surface area contributed by atoms with Gasteiger partial charge in [0.05, 0.1) is 20.7 Å². The Bertz CT molecular complexity index is 985. The average Bonchev–Trinajstić information content (AvgIpc) is 2.95. The smallest absolute Gasteiger partial charge is 0.298 e. The van der Waals surface area contributed by atoms with Crippen molar-refractivity contribution in [1.29, 1.82) is 0 Å². The van der Waals surface area contributed by atoms with Crippen molar-refractivity contribution in [2.75, 3.05) is 5.32 Å². The predicted octanol–water partition coefficient (Wildman–Crippen LogP) is 4.48. The predicted molar refractivity (Wildman–Crippen MR) is 85.7 cm³/mol. The molecule has 0 atom stereocenters. The maximum absolute atomic E-state index is 12.7. The van der Waals surface area contributed by atoms with Gasteiger partial charge < -0.3 is 0 Å². The molecule has 2 aromatic carbocycles. The summed E-state index contributed by atoms with van der Waals surface area (Å²) in [6.07, 6.45) is -4.55. The van der Waals surface area contributed by atoms with Crippen molar-refractivity contribution in [3.8, 4) is 0 Å². The summed E-state index contributed by atoms with van der Waals surface area (Å²) in [7, 11) is 0. The highest BCUT2D eigenvalue weighted by molar-refractivity contribution is 7.22. The van der Waals surface area contributed by atoms with Gasteiger partial charge in [-0.05, 0) is 24.3 Å². The Balaban J connectivity index is 1.86. The highest BCUT2D eigenvalue weighted by Crippen LogP contribution is 2.31. The molecular weight excluding hydrogens is 359 g/mol. The maximum atomic E-state index is 12.7. The Labute approximate surface area is 142 Å². The number of halogens is 3. The molecule has 3 rings (SSSR count). The van der Waals surface area contributed by atoms with Crippen LogP contribution in [0, 0.1) is 10.1 Å². The number of carbonyl (C=O) groups is 1. The van der Waals surface area contributed by atoms with Crippen LogP contribution in [0.3, 0.4) is 0 Å². The molecule has 1 heterocycles. The van der Waals surface area contributed by atoms with E-state index in [1.807, 2.05) is 0 Å². The molecule has 1 amide bonds. The number of carbonyl (C=O) groups excluding carboxylic acids is 1. The Hall–Kier alpha value is -3.01. The number of aromatic nitrogens is 1. The van der Waals surface area contributed by atoms with Crippen molar-refractivity contribution in [2.45, 2.75) is 6.18 Å². The second kappa shape index (κ2) is 6.13. The van der Waals surface area contributed by atoms with E-state index in [9.17, 15) is 28.1 Å². The van der Waals surface area contributed by atoms with Gasteiger partial charge in [0, 0.05) is 17.7 Å². The van der Waals surface area contributed by atoms with Gasteiger partial charge in [-0.3, -0.25) is 20.2 Å². The Morgan fingerprint density at radius 3 is 2.64 bits per heavy atom. The van der Waals surface area contributed by atoms with Crippen LogP contribution in [0.5, 0.6) is 0 Å². The van der Waals surface area contributed by atoms with Gasteiger partial charge in [-0.15, -0.1) is 0 Å². The third-order valence-electron chi connectivity index (χ3n) is 3.26. The summed E-state index contributed by atoms with van der Waals surface area (Å²) in [5.41, 5.74) is -0.776. The molecule has 0 unspecified atom stereocenters. The van der Waals surface area contributed by atoms with Crippen molar-refractivity contribution in [3.63, 3.8) is 0 Å². The fourth-order valence-electron chi connectivity index (χ4n) is 2.09. The third kappa shape index (κ3) is 3.58. The lowest BCUT2D eigenvalue weighted by Crippen LogP contribution is -2.13. The highest BCUT2D eigenvalue weighted by atomic mass is 32.1. The first-order chi connectivity index (χ1) is 11.7. The minimum absolute atomic E-state index is 0.119. The maximum Gasteiger partial charge on any atom is 0.416 e. The van der Waals surface area contributed by atoms with Crippen LogP contribution in [0.15, 0.2) is 42.5 Å². The van der Waals surface area contributed by atoms with Gasteiger partial charge in [0.1, 0.15) is 0 Å². The first-order valence-corrected chi connectivity index (χ1v) is 7.59. The van der Waals surface area contributed by atoms with Gasteiger partial charge in [0.2, 0.25) is 0 Å². The number of nitrogens with zero attached hydrogens (tertiary/aromatic N) is 2. The van der Waals surface area contributed by atoms with Crippen LogP contribution in [0.1, 0.15) is 15.9 Å². The molecule has 6 nitrogen and oxygen atoms in total. The number of rotatable bonds is 3. The number of amides is 1. The van der Waals surface area contributed by atoms with Crippen molar-refractivity contribution in [1.82, 2.24) is 4.98 Å². The zero-order valence-corrected chi connectivity index (χ0v) is 13.0. The van der Waals surface area contributed by atoms with Crippen LogP contribution in [-0.4, -0.2) is 15.8 Å². The number of nitrogens with one attached hydrogen (secondary N) is 1. The summed E-state index contributed by atoms with van der Waals surface area (Å²) in [6, 6.07) is 8.03. The molecule has 0 bridgehead atoms. The molecule has 0 radical (unpaired) electrons. The largest absolute Gasteiger partial charge is 0.416 e. The summed E-state index contributed by atoms with van der Waals surface area (Å²) in [6.45, 7) is 0. The van der Waals surface area contributed by atoms with E-state index >= 15 is 0 Å². The molecule has 0 saturated carbocycles. The highest BCUT2D eigenvalue weighted by Gasteiger charge is 2.31. The molecule has 0 aliphatic heterocycles. The first-order valence-electron chi connectivity index (χ1n) is 6.77. The monoisotopic (exact) mass is 367 g/mol. The Morgan fingerprint density at radius 1 is 1.20 bits per heavy atom. The van der Waals surface area contributed by atoms with Crippen molar-refractivity contribution in [2.24, 2.45) is 0 Å². The number of nitro groups is 1. The number of hydrogen-bond donors (Lipinski definition) is 1. The van der Waals surface area contributed by atoms with E-state index in [-0.39, 0.29) is 16.4 Å². The topological polar surface area (TPSA) is 85.1 Å². The molecule has 25 heavy (non-hydrogen) atoms. The van der Waals surface area contributed by atoms with Crippen LogP contribution in [0.4, 0.5) is 24.0 Å². The molecule has 128 valence electrons. The van der Waals surface area contributed by atoms with Crippen LogP contribution in [0.25, 0.3) is 10.2 Å². The van der Waals surface area contributed by atoms with E-state index in [4.69, 9.17) is 0 Å². The normalized spacial score (nSPS) is 11.5. The molecule has 1 N–H and O–H groups in total. The number of anilines is 1.